The summed E-state index contributed by atoms with van der Waals surface area (Å²) in [7, 11) is 1.52. The Kier molecular flexibility index (Phi) is 6.06. The van der Waals surface area contributed by atoms with Crippen LogP contribution >= 0.6 is 11.3 Å². The van der Waals surface area contributed by atoms with Crippen molar-refractivity contribution in [1.82, 2.24) is 4.98 Å². The van der Waals surface area contributed by atoms with E-state index in [9.17, 15) is 9.59 Å². The van der Waals surface area contributed by atoms with E-state index >= 15 is 0 Å². The molecule has 7 heteroatoms. The fraction of sp³-hybridized carbons (Fsp3) is 0.190. The molecule has 0 aliphatic carbocycles. The monoisotopic (exact) mass is 396 g/mol. The number of para-hydroxylation sites is 2. The fourth-order valence-corrected chi connectivity index (χ4v) is 3.43. The van der Waals surface area contributed by atoms with Gasteiger partial charge in [-0.3, -0.25) is 4.79 Å². The molecule has 0 saturated carbocycles. The number of hydrogen-bond acceptors (Lipinski definition) is 6. The number of hydrogen-bond donors (Lipinski definition) is 1. The van der Waals surface area contributed by atoms with E-state index in [1.165, 1.54) is 25.4 Å². The molecule has 3 rings (SSSR count). The molecule has 0 radical (unpaired) electrons. The van der Waals surface area contributed by atoms with Gasteiger partial charge in [0.15, 0.2) is 6.10 Å². The van der Waals surface area contributed by atoms with Crippen LogP contribution in [-0.4, -0.2) is 30.1 Å². The van der Waals surface area contributed by atoms with Crippen molar-refractivity contribution in [3.63, 3.8) is 0 Å². The maximum absolute atomic E-state index is 12.7. The SMILES string of the molecule is COc1ccccc1NC(=O)[C@H](C)OC(=O)c1sc(C)nc1-c1ccccc1. The molecule has 0 unspecified atom stereocenters. The van der Waals surface area contributed by atoms with E-state index in [4.69, 9.17) is 9.47 Å². The van der Waals surface area contributed by atoms with Gasteiger partial charge in [-0.15, -0.1) is 11.3 Å². The summed E-state index contributed by atoms with van der Waals surface area (Å²) >= 11 is 1.24. The molecule has 1 aromatic heterocycles. The van der Waals surface area contributed by atoms with E-state index in [-0.39, 0.29) is 0 Å². The van der Waals surface area contributed by atoms with Gasteiger partial charge in [0.05, 0.1) is 23.5 Å². The minimum atomic E-state index is -0.983. The Labute approximate surface area is 167 Å². The number of ether oxygens (including phenoxy) is 2. The summed E-state index contributed by atoms with van der Waals surface area (Å²) in [5, 5.41) is 3.46. The summed E-state index contributed by atoms with van der Waals surface area (Å²) in [5.74, 6) is -0.494. The third-order valence-corrected chi connectivity index (χ3v) is 4.94. The maximum atomic E-state index is 12.7. The smallest absolute Gasteiger partial charge is 0.351 e. The van der Waals surface area contributed by atoms with E-state index in [1.807, 2.05) is 37.3 Å². The molecule has 3 aromatic rings. The van der Waals surface area contributed by atoms with Crippen molar-refractivity contribution in [2.45, 2.75) is 20.0 Å². The number of nitrogens with one attached hydrogen (secondary N) is 1. The number of esters is 1. The van der Waals surface area contributed by atoms with Gasteiger partial charge in [0.1, 0.15) is 10.6 Å². The molecule has 0 aliphatic rings. The van der Waals surface area contributed by atoms with Crippen molar-refractivity contribution in [3.05, 3.63) is 64.5 Å². The lowest BCUT2D eigenvalue weighted by molar-refractivity contribution is -0.123. The summed E-state index contributed by atoms with van der Waals surface area (Å²) in [6.45, 7) is 3.35. The van der Waals surface area contributed by atoms with Gasteiger partial charge < -0.3 is 14.8 Å². The largest absolute Gasteiger partial charge is 0.495 e. The van der Waals surface area contributed by atoms with Crippen molar-refractivity contribution >= 4 is 28.9 Å². The molecular formula is C21H20N2O4S. The number of nitrogens with zero attached hydrogens (tertiary/aromatic N) is 1. The summed E-state index contributed by atoms with van der Waals surface area (Å²) < 4.78 is 10.6. The molecule has 1 N–H and O–H groups in total. The van der Waals surface area contributed by atoms with E-state index in [2.05, 4.69) is 10.3 Å². The number of methoxy groups -OCH3 is 1. The Morgan fingerprint density at radius 3 is 2.46 bits per heavy atom. The molecule has 0 saturated heterocycles. The van der Waals surface area contributed by atoms with Gasteiger partial charge in [-0.1, -0.05) is 42.5 Å². The molecule has 0 spiro atoms. The molecule has 1 amide bonds. The number of benzene rings is 2. The lowest BCUT2D eigenvalue weighted by Crippen LogP contribution is -2.30. The average Bonchev–Trinajstić information content (AvgIpc) is 3.11. The van der Waals surface area contributed by atoms with Crippen LogP contribution in [0.4, 0.5) is 5.69 Å². The molecule has 144 valence electrons. The Morgan fingerprint density at radius 2 is 1.75 bits per heavy atom. The number of amides is 1. The molecule has 0 aliphatic heterocycles. The zero-order chi connectivity index (χ0) is 20.1. The summed E-state index contributed by atoms with van der Waals surface area (Å²) in [4.78, 5) is 30.0. The molecule has 0 bridgehead atoms. The van der Waals surface area contributed by atoms with Crippen LogP contribution in [-0.2, 0) is 9.53 Å². The first-order valence-electron chi connectivity index (χ1n) is 8.67. The Bertz CT molecular complexity index is 985. The third-order valence-electron chi connectivity index (χ3n) is 3.98. The molecule has 1 heterocycles. The molecule has 0 fully saturated rings. The van der Waals surface area contributed by atoms with Gasteiger partial charge in [0, 0.05) is 5.56 Å². The molecule has 6 nitrogen and oxygen atoms in total. The van der Waals surface area contributed by atoms with Crippen LogP contribution in [0.15, 0.2) is 54.6 Å². The van der Waals surface area contributed by atoms with Crippen molar-refractivity contribution in [2.24, 2.45) is 0 Å². The maximum Gasteiger partial charge on any atom is 0.351 e. The first kappa shape index (κ1) is 19.6. The zero-order valence-electron chi connectivity index (χ0n) is 15.8. The Balaban J connectivity index is 1.74. The number of carbonyl (C=O) groups is 2. The standard InChI is InChI=1S/C21H20N2O4S/c1-13(20(24)23-16-11-7-8-12-17(16)26-3)27-21(25)19-18(22-14(2)28-19)15-9-5-4-6-10-15/h4-13H,1-3H3,(H,23,24)/t13-/m0/s1. The molecule has 28 heavy (non-hydrogen) atoms. The Hall–Kier alpha value is -3.19. The highest BCUT2D eigenvalue weighted by atomic mass is 32.1. The molecule has 1 atom stereocenters. The van der Waals surface area contributed by atoms with Crippen LogP contribution in [0.25, 0.3) is 11.3 Å². The number of aryl methyl sites for hydroxylation is 1. The van der Waals surface area contributed by atoms with E-state index in [0.29, 0.717) is 22.0 Å². The fourth-order valence-electron chi connectivity index (χ4n) is 2.61. The van der Waals surface area contributed by atoms with Gasteiger partial charge in [0.25, 0.3) is 5.91 Å². The predicted molar refractivity (Wildman–Crippen MR) is 109 cm³/mol. The van der Waals surface area contributed by atoms with E-state index in [0.717, 1.165) is 10.6 Å². The van der Waals surface area contributed by atoms with Crippen LogP contribution in [0.3, 0.4) is 0 Å². The van der Waals surface area contributed by atoms with Gasteiger partial charge in [-0.25, -0.2) is 9.78 Å². The van der Waals surface area contributed by atoms with Crippen LogP contribution in [0.2, 0.25) is 0 Å². The van der Waals surface area contributed by atoms with E-state index in [1.54, 1.807) is 24.3 Å². The lowest BCUT2D eigenvalue weighted by atomic mass is 10.1. The topological polar surface area (TPSA) is 77.5 Å². The second-order valence-corrected chi connectivity index (χ2v) is 7.22. The van der Waals surface area contributed by atoms with Crippen molar-refractivity contribution < 1.29 is 19.1 Å². The Morgan fingerprint density at radius 1 is 1.07 bits per heavy atom. The number of rotatable bonds is 6. The molecule has 2 aromatic carbocycles. The molecular weight excluding hydrogens is 376 g/mol. The highest BCUT2D eigenvalue weighted by Gasteiger charge is 2.24. The van der Waals surface area contributed by atoms with Crippen LogP contribution in [0, 0.1) is 6.92 Å². The number of thiazole rings is 1. The third kappa shape index (κ3) is 4.37. The minimum Gasteiger partial charge on any atom is -0.495 e. The minimum absolute atomic E-state index is 0.376. The van der Waals surface area contributed by atoms with Crippen molar-refractivity contribution in [2.75, 3.05) is 12.4 Å². The van der Waals surface area contributed by atoms with Crippen molar-refractivity contribution in [3.8, 4) is 17.0 Å². The zero-order valence-corrected chi connectivity index (χ0v) is 16.6. The number of aromatic nitrogens is 1. The lowest BCUT2D eigenvalue weighted by Gasteiger charge is -2.15. The first-order valence-corrected chi connectivity index (χ1v) is 9.49. The van der Waals surface area contributed by atoms with Gasteiger partial charge in [0.2, 0.25) is 0 Å². The predicted octanol–water partition coefficient (Wildman–Crippen LogP) is 4.31. The second kappa shape index (κ2) is 8.67. The summed E-state index contributed by atoms with van der Waals surface area (Å²) in [6, 6.07) is 16.4. The summed E-state index contributed by atoms with van der Waals surface area (Å²) in [6.07, 6.45) is -0.983. The van der Waals surface area contributed by atoms with E-state index < -0.39 is 18.0 Å². The highest BCUT2D eigenvalue weighted by Crippen LogP contribution is 2.29. The normalized spacial score (nSPS) is 11.5. The van der Waals surface area contributed by atoms with Gasteiger partial charge in [-0.05, 0) is 26.0 Å². The van der Waals surface area contributed by atoms with Gasteiger partial charge in [-0.2, -0.15) is 0 Å². The van der Waals surface area contributed by atoms with Crippen molar-refractivity contribution in [1.29, 1.82) is 0 Å². The average molecular weight is 396 g/mol. The van der Waals surface area contributed by atoms with Gasteiger partial charge >= 0.3 is 5.97 Å². The van der Waals surface area contributed by atoms with Crippen LogP contribution < -0.4 is 10.1 Å². The number of anilines is 1. The van der Waals surface area contributed by atoms with Crippen LogP contribution in [0.5, 0.6) is 5.75 Å². The first-order chi connectivity index (χ1) is 13.5. The van der Waals surface area contributed by atoms with Crippen LogP contribution in [0.1, 0.15) is 21.6 Å². The quantitative estimate of drug-likeness (QED) is 0.628. The second-order valence-electron chi connectivity index (χ2n) is 6.01. The highest BCUT2D eigenvalue weighted by molar-refractivity contribution is 7.14. The summed E-state index contributed by atoms with van der Waals surface area (Å²) in [5.41, 5.74) is 1.90. The number of carbonyl (C=O) groups excluding carboxylic acids is 2.